The van der Waals surface area contributed by atoms with Crippen LogP contribution < -0.4 is 5.73 Å². The molecule has 1 aromatic rings. The first-order valence-corrected chi connectivity index (χ1v) is 4.28. The monoisotopic (exact) mass is 171 g/mol. The van der Waals surface area contributed by atoms with E-state index in [1.165, 1.54) is 6.08 Å². The van der Waals surface area contributed by atoms with Crippen LogP contribution in [0.25, 0.3) is 0 Å². The van der Waals surface area contributed by atoms with Gasteiger partial charge in [-0.2, -0.15) is 0 Å². The lowest BCUT2D eigenvalue weighted by molar-refractivity contribution is 0.610. The van der Waals surface area contributed by atoms with E-state index in [1.807, 2.05) is 17.5 Å². The number of hydrogen-bond donors (Lipinski definition) is 1. The minimum atomic E-state index is -0.144. The molecule has 0 saturated heterocycles. The first kappa shape index (κ1) is 8.43. The van der Waals surface area contributed by atoms with E-state index in [2.05, 4.69) is 0 Å². The molecule has 0 aromatic carbocycles. The lowest BCUT2D eigenvalue weighted by Crippen LogP contribution is -1.94. The highest BCUT2D eigenvalue weighted by molar-refractivity contribution is 7.09. The fourth-order valence-electron chi connectivity index (χ4n) is 0.780. The fraction of sp³-hybridized carbons (Fsp3) is 0.250. The average molecular weight is 171 g/mol. The number of halogens is 1. The molecule has 1 heterocycles. The van der Waals surface area contributed by atoms with Crippen molar-refractivity contribution in [2.75, 3.05) is 6.54 Å². The maximum Gasteiger partial charge on any atom is 0.102 e. The second-order valence-corrected chi connectivity index (χ2v) is 3.18. The molecule has 60 valence electrons. The molecular formula is C8H10FNS. The summed E-state index contributed by atoms with van der Waals surface area (Å²) in [5, 5.41) is 1.94. The van der Waals surface area contributed by atoms with Crippen molar-refractivity contribution in [3.05, 3.63) is 34.3 Å². The lowest BCUT2D eigenvalue weighted by atomic mass is 10.3. The predicted molar refractivity (Wildman–Crippen MR) is 46.3 cm³/mol. The van der Waals surface area contributed by atoms with E-state index >= 15 is 0 Å². The molecule has 11 heavy (non-hydrogen) atoms. The molecular weight excluding hydrogens is 161 g/mol. The highest BCUT2D eigenvalue weighted by Gasteiger charge is 1.97. The van der Waals surface area contributed by atoms with Gasteiger partial charge in [0.1, 0.15) is 5.83 Å². The summed E-state index contributed by atoms with van der Waals surface area (Å²) in [6, 6.07) is 3.82. The molecule has 0 aliphatic carbocycles. The van der Waals surface area contributed by atoms with Crippen LogP contribution in [0, 0.1) is 0 Å². The van der Waals surface area contributed by atoms with Crippen molar-refractivity contribution in [1.29, 1.82) is 0 Å². The van der Waals surface area contributed by atoms with E-state index in [-0.39, 0.29) is 12.4 Å². The summed E-state index contributed by atoms with van der Waals surface area (Å²) < 4.78 is 12.8. The normalized spacial score (nSPS) is 12.0. The molecule has 2 N–H and O–H groups in total. The van der Waals surface area contributed by atoms with Gasteiger partial charge in [-0.1, -0.05) is 6.07 Å². The number of hydrogen-bond acceptors (Lipinski definition) is 2. The Hall–Kier alpha value is -0.670. The van der Waals surface area contributed by atoms with Crippen LogP contribution in [0.5, 0.6) is 0 Å². The van der Waals surface area contributed by atoms with Crippen molar-refractivity contribution < 1.29 is 4.39 Å². The Bertz CT molecular complexity index is 228. The third kappa shape index (κ3) is 2.82. The highest BCUT2D eigenvalue weighted by Crippen LogP contribution is 2.14. The van der Waals surface area contributed by atoms with Gasteiger partial charge < -0.3 is 5.73 Å². The third-order valence-corrected chi connectivity index (χ3v) is 2.14. The summed E-state index contributed by atoms with van der Waals surface area (Å²) in [7, 11) is 0. The molecule has 0 amide bonds. The van der Waals surface area contributed by atoms with Crippen molar-refractivity contribution >= 4 is 11.3 Å². The van der Waals surface area contributed by atoms with Gasteiger partial charge in [-0.25, -0.2) is 4.39 Å². The molecule has 3 heteroatoms. The molecule has 0 aliphatic heterocycles. The van der Waals surface area contributed by atoms with Crippen molar-refractivity contribution in [3.63, 3.8) is 0 Å². The second kappa shape index (κ2) is 4.26. The van der Waals surface area contributed by atoms with Gasteiger partial charge in [0.25, 0.3) is 0 Å². The largest absolute Gasteiger partial charge is 0.327 e. The van der Waals surface area contributed by atoms with Crippen LogP contribution in [0.3, 0.4) is 0 Å². The van der Waals surface area contributed by atoms with E-state index in [9.17, 15) is 4.39 Å². The summed E-state index contributed by atoms with van der Waals surface area (Å²) in [4.78, 5) is 1.03. The Balaban J connectivity index is 2.50. The fourth-order valence-corrected chi connectivity index (χ4v) is 1.49. The number of rotatable bonds is 3. The smallest absolute Gasteiger partial charge is 0.102 e. The van der Waals surface area contributed by atoms with Crippen molar-refractivity contribution in [1.82, 2.24) is 0 Å². The van der Waals surface area contributed by atoms with Crippen molar-refractivity contribution in [3.8, 4) is 0 Å². The number of thiophene rings is 1. The lowest BCUT2D eigenvalue weighted by Gasteiger charge is -1.91. The Kier molecular flexibility index (Phi) is 3.26. The molecule has 0 spiro atoms. The van der Waals surface area contributed by atoms with Crippen molar-refractivity contribution in [2.45, 2.75) is 6.42 Å². The molecule has 0 fully saturated rings. The topological polar surface area (TPSA) is 26.0 Å². The maximum absolute atomic E-state index is 12.8. The minimum Gasteiger partial charge on any atom is -0.327 e. The zero-order valence-electron chi connectivity index (χ0n) is 6.09. The van der Waals surface area contributed by atoms with Crippen LogP contribution in [-0.4, -0.2) is 6.54 Å². The quantitative estimate of drug-likeness (QED) is 0.740. The SMILES string of the molecule is NC/C=C(/F)Cc1cccs1. The summed E-state index contributed by atoms with van der Waals surface area (Å²) in [5.74, 6) is -0.144. The summed E-state index contributed by atoms with van der Waals surface area (Å²) in [5.41, 5.74) is 5.15. The van der Waals surface area contributed by atoms with Crippen molar-refractivity contribution in [2.24, 2.45) is 5.73 Å². The highest BCUT2D eigenvalue weighted by atomic mass is 32.1. The molecule has 0 unspecified atom stereocenters. The van der Waals surface area contributed by atoms with Gasteiger partial charge in [0, 0.05) is 17.8 Å². The summed E-state index contributed by atoms with van der Waals surface area (Å²) in [6.07, 6.45) is 1.79. The van der Waals surface area contributed by atoms with Crippen LogP contribution in [-0.2, 0) is 6.42 Å². The number of allylic oxidation sites excluding steroid dienone is 1. The Morgan fingerprint density at radius 3 is 3.09 bits per heavy atom. The van der Waals surface area contributed by atoms with Crippen LogP contribution in [0.1, 0.15) is 4.88 Å². The molecule has 0 radical (unpaired) electrons. The zero-order valence-corrected chi connectivity index (χ0v) is 6.90. The predicted octanol–water partition coefficient (Wildman–Crippen LogP) is 2.10. The van der Waals surface area contributed by atoms with E-state index < -0.39 is 0 Å². The van der Waals surface area contributed by atoms with Gasteiger partial charge in [0.05, 0.1) is 0 Å². The summed E-state index contributed by atoms with van der Waals surface area (Å²) in [6.45, 7) is 0.275. The zero-order chi connectivity index (χ0) is 8.10. The second-order valence-electron chi connectivity index (χ2n) is 2.14. The Morgan fingerprint density at radius 2 is 2.55 bits per heavy atom. The first-order valence-electron chi connectivity index (χ1n) is 3.40. The van der Waals surface area contributed by atoms with E-state index in [1.54, 1.807) is 11.3 Å². The van der Waals surface area contributed by atoms with Gasteiger partial charge in [-0.3, -0.25) is 0 Å². The average Bonchev–Trinajstić information content (AvgIpc) is 2.40. The third-order valence-electron chi connectivity index (χ3n) is 1.26. The molecule has 0 aliphatic rings. The van der Waals surface area contributed by atoms with Crippen LogP contribution in [0.2, 0.25) is 0 Å². The molecule has 0 atom stereocenters. The van der Waals surface area contributed by atoms with Gasteiger partial charge in [-0.15, -0.1) is 11.3 Å². The number of nitrogens with two attached hydrogens (primary N) is 1. The van der Waals surface area contributed by atoms with Gasteiger partial charge in [0.2, 0.25) is 0 Å². The standard InChI is InChI=1S/C8H10FNS/c9-7(3-4-10)6-8-2-1-5-11-8/h1-3,5H,4,6,10H2/b7-3+. The van der Waals surface area contributed by atoms with E-state index in [0.717, 1.165) is 4.88 Å². The molecule has 1 aromatic heterocycles. The molecule has 0 saturated carbocycles. The summed E-state index contributed by atoms with van der Waals surface area (Å²) >= 11 is 1.56. The Labute approximate surface area is 69.3 Å². The molecule has 0 bridgehead atoms. The molecule has 1 rings (SSSR count). The van der Waals surface area contributed by atoms with Gasteiger partial charge in [0.15, 0.2) is 0 Å². The molecule has 1 nitrogen and oxygen atoms in total. The van der Waals surface area contributed by atoms with Gasteiger partial charge in [-0.05, 0) is 17.5 Å². The van der Waals surface area contributed by atoms with Gasteiger partial charge >= 0.3 is 0 Å². The Morgan fingerprint density at radius 1 is 1.73 bits per heavy atom. The van der Waals surface area contributed by atoms with Crippen LogP contribution in [0.4, 0.5) is 4.39 Å². The van der Waals surface area contributed by atoms with Crippen LogP contribution >= 0.6 is 11.3 Å². The van der Waals surface area contributed by atoms with E-state index in [0.29, 0.717) is 6.42 Å². The minimum absolute atomic E-state index is 0.144. The first-order chi connectivity index (χ1) is 5.33. The maximum atomic E-state index is 12.8. The van der Waals surface area contributed by atoms with Crippen LogP contribution in [0.15, 0.2) is 29.4 Å². The van der Waals surface area contributed by atoms with E-state index in [4.69, 9.17) is 5.73 Å².